The molecule has 0 amide bonds. The fourth-order valence-corrected chi connectivity index (χ4v) is 1.13. The van der Waals surface area contributed by atoms with Crippen LogP contribution in [-0.4, -0.2) is 0 Å². The van der Waals surface area contributed by atoms with Crippen molar-refractivity contribution in [3.63, 3.8) is 0 Å². The van der Waals surface area contributed by atoms with Crippen molar-refractivity contribution >= 4 is 0 Å². The Balaban J connectivity index is 3.09. The first-order chi connectivity index (χ1) is 4.35. The number of rotatable bonds is 5. The quantitative estimate of drug-likeness (QED) is 0.530. The number of unbranched alkanes of at least 4 members (excludes halogenated alkanes) is 1. The first-order valence-electron chi connectivity index (χ1n) is 4.14. The average Bonchev–Trinajstić information content (AvgIpc) is 1.91. The predicted octanol–water partition coefficient (Wildman–Crippen LogP) is 3.43. The van der Waals surface area contributed by atoms with Crippen LogP contribution in [0.15, 0.2) is 0 Å². The molecule has 1 radical (unpaired) electrons. The van der Waals surface area contributed by atoms with Gasteiger partial charge in [-0.1, -0.05) is 52.9 Å². The highest BCUT2D eigenvalue weighted by Gasteiger charge is 2.00. The Morgan fingerprint density at radius 1 is 1.22 bits per heavy atom. The van der Waals surface area contributed by atoms with Gasteiger partial charge in [-0.15, -0.1) is 0 Å². The van der Waals surface area contributed by atoms with Gasteiger partial charge in [0.1, 0.15) is 0 Å². The molecular weight excluding hydrogens is 108 g/mol. The van der Waals surface area contributed by atoms with Crippen LogP contribution in [0.5, 0.6) is 0 Å². The van der Waals surface area contributed by atoms with Gasteiger partial charge in [0, 0.05) is 0 Å². The van der Waals surface area contributed by atoms with Crippen molar-refractivity contribution in [2.75, 3.05) is 0 Å². The molecule has 0 spiro atoms. The lowest BCUT2D eigenvalue weighted by Gasteiger charge is -2.09. The summed E-state index contributed by atoms with van der Waals surface area (Å²) in [6.45, 7) is 8.38. The Morgan fingerprint density at radius 3 is 2.11 bits per heavy atom. The minimum Gasteiger partial charge on any atom is -0.0651 e. The largest absolute Gasteiger partial charge is 0.0651 e. The highest BCUT2D eigenvalue weighted by molar-refractivity contribution is 4.54. The molecule has 0 aromatic carbocycles. The molecule has 0 saturated carbocycles. The monoisotopic (exact) mass is 127 g/mol. The third kappa shape index (κ3) is 4.50. The van der Waals surface area contributed by atoms with Crippen LogP contribution in [-0.2, 0) is 0 Å². The van der Waals surface area contributed by atoms with E-state index >= 15 is 0 Å². The second-order valence-electron chi connectivity index (χ2n) is 2.68. The van der Waals surface area contributed by atoms with E-state index in [9.17, 15) is 0 Å². The summed E-state index contributed by atoms with van der Waals surface area (Å²) in [4.78, 5) is 0. The van der Waals surface area contributed by atoms with E-state index in [1.54, 1.807) is 0 Å². The third-order valence-electron chi connectivity index (χ3n) is 2.02. The lowest BCUT2D eigenvalue weighted by atomic mass is 9.97. The summed E-state index contributed by atoms with van der Waals surface area (Å²) in [5.41, 5.74) is 0. The Morgan fingerprint density at radius 2 is 1.78 bits per heavy atom. The zero-order valence-corrected chi connectivity index (χ0v) is 6.82. The van der Waals surface area contributed by atoms with E-state index < -0.39 is 0 Å². The zero-order valence-electron chi connectivity index (χ0n) is 6.82. The van der Waals surface area contributed by atoms with E-state index in [1.165, 1.54) is 25.7 Å². The van der Waals surface area contributed by atoms with E-state index in [2.05, 4.69) is 20.8 Å². The van der Waals surface area contributed by atoms with Crippen LogP contribution in [0.2, 0.25) is 0 Å². The van der Waals surface area contributed by atoms with Gasteiger partial charge in [0.15, 0.2) is 0 Å². The lowest BCUT2D eigenvalue weighted by Crippen LogP contribution is -1.95. The van der Waals surface area contributed by atoms with Gasteiger partial charge in [0.25, 0.3) is 0 Å². The lowest BCUT2D eigenvalue weighted by molar-refractivity contribution is 0.443. The SMILES string of the molecule is [CH2]CCCC(CC)CC. The maximum Gasteiger partial charge on any atom is -0.0420 e. The van der Waals surface area contributed by atoms with Crippen molar-refractivity contribution in [1.82, 2.24) is 0 Å². The summed E-state index contributed by atoms with van der Waals surface area (Å²) in [6, 6.07) is 0. The van der Waals surface area contributed by atoms with E-state index in [0.29, 0.717) is 0 Å². The molecule has 0 heterocycles. The summed E-state index contributed by atoms with van der Waals surface area (Å²) < 4.78 is 0. The molecule has 0 aliphatic heterocycles. The summed E-state index contributed by atoms with van der Waals surface area (Å²) in [5, 5.41) is 0. The van der Waals surface area contributed by atoms with Crippen LogP contribution < -0.4 is 0 Å². The van der Waals surface area contributed by atoms with E-state index in [-0.39, 0.29) is 0 Å². The molecule has 0 unspecified atom stereocenters. The van der Waals surface area contributed by atoms with Crippen molar-refractivity contribution in [3.8, 4) is 0 Å². The molecule has 0 fully saturated rings. The molecule has 0 rings (SSSR count). The van der Waals surface area contributed by atoms with Crippen molar-refractivity contribution in [1.29, 1.82) is 0 Å². The fourth-order valence-electron chi connectivity index (χ4n) is 1.13. The highest BCUT2D eigenvalue weighted by atomic mass is 14.1. The van der Waals surface area contributed by atoms with Crippen LogP contribution in [0.1, 0.15) is 46.0 Å². The minimum atomic E-state index is 0.965. The molecule has 0 N–H and O–H groups in total. The third-order valence-corrected chi connectivity index (χ3v) is 2.02. The standard InChI is InChI=1S/C9H19/c1-4-7-8-9(5-2)6-3/h9H,1,4-8H2,2-3H3. The van der Waals surface area contributed by atoms with Gasteiger partial charge >= 0.3 is 0 Å². The minimum absolute atomic E-state index is 0.965. The second-order valence-corrected chi connectivity index (χ2v) is 2.68. The first kappa shape index (κ1) is 9.00. The van der Waals surface area contributed by atoms with Crippen LogP contribution in [0, 0.1) is 12.8 Å². The van der Waals surface area contributed by atoms with E-state index in [0.717, 1.165) is 12.3 Å². The summed E-state index contributed by atoms with van der Waals surface area (Å²) in [5.74, 6) is 0.965. The molecule has 0 aliphatic carbocycles. The Labute approximate surface area is 59.7 Å². The maximum absolute atomic E-state index is 3.83. The van der Waals surface area contributed by atoms with Gasteiger partial charge in [-0.25, -0.2) is 0 Å². The number of hydrogen-bond acceptors (Lipinski definition) is 0. The van der Waals surface area contributed by atoms with Crippen LogP contribution >= 0.6 is 0 Å². The van der Waals surface area contributed by atoms with Crippen molar-refractivity contribution in [3.05, 3.63) is 6.92 Å². The normalized spacial score (nSPS) is 10.7. The average molecular weight is 127 g/mol. The van der Waals surface area contributed by atoms with Crippen molar-refractivity contribution < 1.29 is 0 Å². The van der Waals surface area contributed by atoms with E-state index in [4.69, 9.17) is 0 Å². The van der Waals surface area contributed by atoms with E-state index in [1.807, 2.05) is 0 Å². The molecule has 0 aliphatic rings. The molecule has 0 aromatic heterocycles. The fraction of sp³-hybridized carbons (Fsp3) is 0.889. The zero-order chi connectivity index (χ0) is 7.11. The van der Waals surface area contributed by atoms with Gasteiger partial charge in [0.2, 0.25) is 0 Å². The van der Waals surface area contributed by atoms with Crippen molar-refractivity contribution in [2.24, 2.45) is 5.92 Å². The highest BCUT2D eigenvalue weighted by Crippen LogP contribution is 2.14. The molecule has 0 heteroatoms. The van der Waals surface area contributed by atoms with Crippen LogP contribution in [0.25, 0.3) is 0 Å². The topological polar surface area (TPSA) is 0 Å². The Kier molecular flexibility index (Phi) is 6.12. The Hall–Kier alpha value is 0. The summed E-state index contributed by atoms with van der Waals surface area (Å²) in [6.07, 6.45) is 6.49. The molecule has 9 heavy (non-hydrogen) atoms. The second kappa shape index (κ2) is 6.12. The van der Waals surface area contributed by atoms with Crippen LogP contribution in [0.4, 0.5) is 0 Å². The van der Waals surface area contributed by atoms with Gasteiger partial charge in [0.05, 0.1) is 0 Å². The van der Waals surface area contributed by atoms with Crippen molar-refractivity contribution in [2.45, 2.75) is 46.0 Å². The summed E-state index contributed by atoms with van der Waals surface area (Å²) in [7, 11) is 0. The van der Waals surface area contributed by atoms with Crippen LogP contribution in [0.3, 0.4) is 0 Å². The van der Waals surface area contributed by atoms with Gasteiger partial charge in [-0.3, -0.25) is 0 Å². The molecular formula is C9H19. The molecule has 0 bridgehead atoms. The molecule has 0 nitrogen and oxygen atoms in total. The number of hydrogen-bond donors (Lipinski definition) is 0. The molecule has 0 atom stereocenters. The van der Waals surface area contributed by atoms with Gasteiger partial charge in [-0.2, -0.15) is 0 Å². The van der Waals surface area contributed by atoms with Gasteiger partial charge < -0.3 is 0 Å². The predicted molar refractivity (Wildman–Crippen MR) is 43.3 cm³/mol. The molecule has 55 valence electrons. The first-order valence-corrected chi connectivity index (χ1v) is 4.14. The smallest absolute Gasteiger partial charge is 0.0420 e. The Bertz CT molecular complexity index is 44.0. The van der Waals surface area contributed by atoms with Gasteiger partial charge in [-0.05, 0) is 5.92 Å². The summed E-state index contributed by atoms with van der Waals surface area (Å²) >= 11 is 0. The maximum atomic E-state index is 3.83. The molecule has 0 aromatic rings. The molecule has 0 saturated heterocycles.